The Morgan fingerprint density at radius 1 is 1.26 bits per heavy atom. The molecule has 0 atom stereocenters. The van der Waals surface area contributed by atoms with Crippen molar-refractivity contribution >= 4 is 11.8 Å². The lowest BCUT2D eigenvalue weighted by molar-refractivity contribution is -0.117. The van der Waals surface area contributed by atoms with Gasteiger partial charge in [0.25, 0.3) is 11.5 Å². The number of aromatic hydroxyl groups is 1. The summed E-state index contributed by atoms with van der Waals surface area (Å²) in [7, 11) is 0. The molecule has 7 nitrogen and oxygen atoms in total. The third kappa shape index (κ3) is 2.82. The van der Waals surface area contributed by atoms with Gasteiger partial charge in [0.05, 0.1) is 0 Å². The Morgan fingerprint density at radius 3 is 2.39 bits per heavy atom. The van der Waals surface area contributed by atoms with Gasteiger partial charge in [0.15, 0.2) is 0 Å². The fraction of sp³-hybridized carbons (Fsp3) is 0.125. The van der Waals surface area contributed by atoms with E-state index in [2.05, 4.69) is 0 Å². The van der Waals surface area contributed by atoms with Crippen LogP contribution in [0.5, 0.6) is 5.88 Å². The fourth-order valence-corrected chi connectivity index (χ4v) is 2.11. The number of pyridine rings is 1. The van der Waals surface area contributed by atoms with Crippen molar-refractivity contribution in [2.24, 2.45) is 0 Å². The molecule has 1 heterocycles. The molecule has 2 rings (SSSR count). The zero-order valence-corrected chi connectivity index (χ0v) is 12.5. The van der Waals surface area contributed by atoms with Crippen molar-refractivity contribution in [3.63, 3.8) is 0 Å². The number of nitriles is 1. The summed E-state index contributed by atoms with van der Waals surface area (Å²) in [5, 5.41) is 19.7. The molecule has 116 valence electrons. The van der Waals surface area contributed by atoms with E-state index in [1.807, 2.05) is 0 Å². The Kier molecular flexibility index (Phi) is 4.27. The van der Waals surface area contributed by atoms with Gasteiger partial charge in [-0.2, -0.15) is 14.9 Å². The standard InChI is InChI=1S/C16H13N3O4/c1-10-8-14(21)19(16(23)13(10)9-17)18(11(2)20)15(22)12-6-4-3-5-7-12/h3-8,23H,1-2H3. The summed E-state index contributed by atoms with van der Waals surface area (Å²) in [5.41, 5.74) is -0.565. The number of aromatic nitrogens is 1. The quantitative estimate of drug-likeness (QED) is 0.893. The molecular weight excluding hydrogens is 298 g/mol. The van der Waals surface area contributed by atoms with E-state index in [1.165, 1.54) is 19.1 Å². The van der Waals surface area contributed by atoms with Crippen LogP contribution >= 0.6 is 0 Å². The molecule has 0 radical (unpaired) electrons. The first-order valence-corrected chi connectivity index (χ1v) is 6.64. The van der Waals surface area contributed by atoms with Gasteiger partial charge >= 0.3 is 0 Å². The van der Waals surface area contributed by atoms with E-state index in [0.717, 1.165) is 13.0 Å². The van der Waals surface area contributed by atoms with Gasteiger partial charge in [0, 0.05) is 18.6 Å². The lowest BCUT2D eigenvalue weighted by Gasteiger charge is -2.22. The van der Waals surface area contributed by atoms with Crippen LogP contribution in [0.4, 0.5) is 0 Å². The van der Waals surface area contributed by atoms with E-state index in [9.17, 15) is 19.5 Å². The number of benzene rings is 1. The van der Waals surface area contributed by atoms with E-state index in [4.69, 9.17) is 5.26 Å². The van der Waals surface area contributed by atoms with E-state index in [-0.39, 0.29) is 16.7 Å². The first-order valence-electron chi connectivity index (χ1n) is 6.64. The fourth-order valence-electron chi connectivity index (χ4n) is 2.11. The number of nitrogens with zero attached hydrogens (tertiary/aromatic N) is 3. The number of rotatable bonds is 2. The molecule has 0 aliphatic rings. The van der Waals surface area contributed by atoms with Crippen molar-refractivity contribution in [1.29, 1.82) is 5.26 Å². The highest BCUT2D eigenvalue weighted by Crippen LogP contribution is 2.18. The first-order chi connectivity index (χ1) is 10.9. The van der Waals surface area contributed by atoms with Gasteiger partial charge in [-0.05, 0) is 24.6 Å². The van der Waals surface area contributed by atoms with Crippen molar-refractivity contribution in [1.82, 2.24) is 4.68 Å². The second-order valence-electron chi connectivity index (χ2n) is 4.79. The summed E-state index contributed by atoms with van der Waals surface area (Å²) >= 11 is 0. The Labute approximate surface area is 131 Å². The maximum absolute atomic E-state index is 12.5. The maximum atomic E-state index is 12.5. The van der Waals surface area contributed by atoms with Gasteiger partial charge < -0.3 is 5.11 Å². The van der Waals surface area contributed by atoms with Crippen molar-refractivity contribution in [2.45, 2.75) is 13.8 Å². The SMILES string of the molecule is CC(=O)N(C(=O)c1ccccc1)n1c(O)c(C#N)c(C)cc1=O. The summed E-state index contributed by atoms with van der Waals surface area (Å²) in [4.78, 5) is 36.6. The Bertz CT molecular complexity index is 879. The molecule has 23 heavy (non-hydrogen) atoms. The van der Waals surface area contributed by atoms with Gasteiger partial charge in [-0.3, -0.25) is 14.4 Å². The molecule has 0 bridgehead atoms. The van der Waals surface area contributed by atoms with E-state index in [1.54, 1.807) is 24.3 Å². The summed E-state index contributed by atoms with van der Waals surface area (Å²) < 4.78 is 0.503. The number of carbonyl (C=O) groups is 2. The zero-order chi connectivity index (χ0) is 17.1. The van der Waals surface area contributed by atoms with Gasteiger partial charge in [-0.1, -0.05) is 18.2 Å². The molecule has 0 spiro atoms. The van der Waals surface area contributed by atoms with Crippen LogP contribution in [0.25, 0.3) is 0 Å². The monoisotopic (exact) mass is 311 g/mol. The van der Waals surface area contributed by atoms with Gasteiger partial charge in [-0.25, -0.2) is 0 Å². The van der Waals surface area contributed by atoms with Gasteiger partial charge in [0.1, 0.15) is 11.6 Å². The largest absolute Gasteiger partial charge is 0.492 e. The molecule has 1 aromatic heterocycles. The third-order valence-corrected chi connectivity index (χ3v) is 3.19. The molecular formula is C16H13N3O4. The van der Waals surface area contributed by atoms with E-state index >= 15 is 0 Å². The predicted molar refractivity (Wildman–Crippen MR) is 81.5 cm³/mol. The average Bonchev–Trinajstić information content (AvgIpc) is 2.51. The molecule has 0 aliphatic heterocycles. The number of carbonyl (C=O) groups excluding carboxylic acids is 2. The van der Waals surface area contributed by atoms with Gasteiger partial charge in [0.2, 0.25) is 11.8 Å². The summed E-state index contributed by atoms with van der Waals surface area (Å²) in [6.45, 7) is 2.56. The van der Waals surface area contributed by atoms with Crippen LogP contribution in [0.1, 0.15) is 28.4 Å². The molecule has 1 N–H and O–H groups in total. The molecule has 0 fully saturated rings. The highest BCUT2D eigenvalue weighted by atomic mass is 16.3. The zero-order valence-electron chi connectivity index (χ0n) is 12.5. The van der Waals surface area contributed by atoms with Crippen molar-refractivity contribution in [3.05, 3.63) is 63.4 Å². The second kappa shape index (κ2) is 6.15. The second-order valence-corrected chi connectivity index (χ2v) is 4.79. The first kappa shape index (κ1) is 16.0. The van der Waals surface area contributed by atoms with Crippen molar-refractivity contribution in [3.8, 4) is 11.9 Å². The average molecular weight is 311 g/mol. The van der Waals surface area contributed by atoms with Crippen molar-refractivity contribution in [2.75, 3.05) is 5.01 Å². The summed E-state index contributed by atoms with van der Waals surface area (Å²) in [5.74, 6) is -2.32. The molecule has 0 saturated heterocycles. The van der Waals surface area contributed by atoms with Crippen LogP contribution in [0.15, 0.2) is 41.2 Å². The number of hydrogen-bond donors (Lipinski definition) is 1. The number of amides is 2. The minimum atomic E-state index is -0.793. The minimum absolute atomic E-state index is 0.160. The summed E-state index contributed by atoms with van der Waals surface area (Å²) in [6.07, 6.45) is 0. The Hall–Kier alpha value is -3.40. The molecule has 2 aromatic rings. The lowest BCUT2D eigenvalue weighted by atomic mass is 10.1. The van der Waals surface area contributed by atoms with Crippen LogP contribution in [0.2, 0.25) is 0 Å². The van der Waals surface area contributed by atoms with Crippen LogP contribution in [0, 0.1) is 18.3 Å². The predicted octanol–water partition coefficient (Wildman–Crippen LogP) is 1.06. The lowest BCUT2D eigenvalue weighted by Crippen LogP contribution is -2.49. The van der Waals surface area contributed by atoms with Crippen LogP contribution in [0.3, 0.4) is 0 Å². The summed E-state index contributed by atoms with van der Waals surface area (Å²) in [6, 6.07) is 10.7. The Morgan fingerprint density at radius 2 is 1.87 bits per heavy atom. The molecule has 0 saturated carbocycles. The third-order valence-electron chi connectivity index (χ3n) is 3.19. The van der Waals surface area contributed by atoms with Crippen LogP contribution in [-0.2, 0) is 4.79 Å². The Balaban J connectivity index is 2.70. The van der Waals surface area contributed by atoms with Gasteiger partial charge in [-0.15, -0.1) is 0 Å². The highest BCUT2D eigenvalue weighted by molar-refractivity contribution is 6.15. The minimum Gasteiger partial charge on any atom is -0.492 e. The maximum Gasteiger partial charge on any atom is 0.280 e. The molecule has 1 aromatic carbocycles. The van der Waals surface area contributed by atoms with E-state index < -0.39 is 23.3 Å². The van der Waals surface area contributed by atoms with Crippen molar-refractivity contribution < 1.29 is 14.7 Å². The smallest absolute Gasteiger partial charge is 0.280 e. The van der Waals surface area contributed by atoms with Crippen LogP contribution < -0.4 is 10.6 Å². The number of aryl methyl sites for hydroxylation is 1. The van der Waals surface area contributed by atoms with E-state index in [0.29, 0.717) is 9.69 Å². The normalized spacial score (nSPS) is 9.96. The molecule has 0 unspecified atom stereocenters. The molecule has 7 heteroatoms. The highest BCUT2D eigenvalue weighted by Gasteiger charge is 2.27. The number of imide groups is 1. The van der Waals surface area contributed by atoms with Crippen LogP contribution in [-0.4, -0.2) is 21.6 Å². The topological polar surface area (TPSA) is 103 Å². The number of hydrogen-bond acceptors (Lipinski definition) is 5. The molecule has 0 aliphatic carbocycles. The molecule has 2 amide bonds.